The fourth-order valence-electron chi connectivity index (χ4n) is 6.74. The largest absolute Gasteiger partial charge is 0.135 e. The molecule has 0 saturated heterocycles. The maximum Gasteiger partial charge on any atom is 0.0361 e. The Labute approximate surface area is 233 Å². The minimum absolute atomic E-state index is 0.412. The van der Waals surface area contributed by atoms with E-state index < -0.39 is 0 Å². The summed E-state index contributed by atoms with van der Waals surface area (Å²) in [5.74, 6) is 0.412. The SMILES string of the molecule is C1=CCC(c2ccccc2-c2c3c(c(-c4ccc5c(c4)sc4ccccc45)c4ccccc24)C=CCC3)C=C1. The van der Waals surface area contributed by atoms with Gasteiger partial charge in [0.2, 0.25) is 0 Å². The number of fused-ring (bicyclic) bond motifs is 5. The molecule has 6 aromatic rings. The average Bonchev–Trinajstić information content (AvgIpc) is 3.38. The van der Waals surface area contributed by atoms with Crippen molar-refractivity contribution in [2.45, 2.75) is 25.2 Å². The van der Waals surface area contributed by atoms with Crippen LogP contribution in [0.1, 0.15) is 35.4 Å². The second-order valence-electron chi connectivity index (χ2n) is 10.7. The Bertz CT molecular complexity index is 2000. The molecular formula is C38H28S. The molecule has 0 radical (unpaired) electrons. The first-order chi connectivity index (χ1) is 19.4. The lowest BCUT2D eigenvalue weighted by Crippen LogP contribution is -2.05. The number of hydrogen-bond donors (Lipinski definition) is 0. The smallest absolute Gasteiger partial charge is 0.0361 e. The molecule has 0 N–H and O–H groups in total. The second kappa shape index (κ2) is 9.22. The Morgan fingerprint density at radius 2 is 1.41 bits per heavy atom. The summed E-state index contributed by atoms with van der Waals surface area (Å²) in [5, 5.41) is 5.41. The van der Waals surface area contributed by atoms with Crippen LogP contribution in [0.2, 0.25) is 0 Å². The van der Waals surface area contributed by atoms with E-state index in [2.05, 4.69) is 127 Å². The predicted molar refractivity (Wildman–Crippen MR) is 171 cm³/mol. The highest BCUT2D eigenvalue weighted by atomic mass is 32.1. The van der Waals surface area contributed by atoms with Gasteiger partial charge in [-0.3, -0.25) is 0 Å². The Balaban J connectivity index is 1.42. The van der Waals surface area contributed by atoms with Crippen LogP contribution >= 0.6 is 11.3 Å². The monoisotopic (exact) mass is 516 g/mol. The molecule has 0 spiro atoms. The third-order valence-corrected chi connectivity index (χ3v) is 9.62. The number of benzene rings is 5. The molecule has 0 nitrogen and oxygen atoms in total. The molecule has 1 heterocycles. The second-order valence-corrected chi connectivity index (χ2v) is 11.8. The van der Waals surface area contributed by atoms with E-state index in [1.54, 1.807) is 0 Å². The summed E-state index contributed by atoms with van der Waals surface area (Å²) in [5.41, 5.74) is 9.81. The van der Waals surface area contributed by atoms with Gasteiger partial charge in [-0.2, -0.15) is 0 Å². The Morgan fingerprint density at radius 1 is 0.641 bits per heavy atom. The van der Waals surface area contributed by atoms with Crippen LogP contribution in [0.25, 0.3) is 59.3 Å². The van der Waals surface area contributed by atoms with Gasteiger partial charge in [-0.1, -0.05) is 115 Å². The summed E-state index contributed by atoms with van der Waals surface area (Å²) in [7, 11) is 0. The van der Waals surface area contributed by atoms with Gasteiger partial charge in [0, 0.05) is 26.1 Å². The van der Waals surface area contributed by atoms with Crippen LogP contribution in [0.5, 0.6) is 0 Å². The van der Waals surface area contributed by atoms with E-state index in [1.165, 1.54) is 69.9 Å². The van der Waals surface area contributed by atoms with Gasteiger partial charge in [0.1, 0.15) is 0 Å². The van der Waals surface area contributed by atoms with Crippen molar-refractivity contribution in [2.24, 2.45) is 0 Å². The molecule has 1 heteroatoms. The van der Waals surface area contributed by atoms with E-state index in [-0.39, 0.29) is 0 Å². The topological polar surface area (TPSA) is 0 Å². The first-order valence-corrected chi connectivity index (χ1v) is 14.8. The number of hydrogen-bond acceptors (Lipinski definition) is 1. The molecule has 0 amide bonds. The first-order valence-electron chi connectivity index (χ1n) is 14.0. The summed E-state index contributed by atoms with van der Waals surface area (Å²) >= 11 is 1.90. The van der Waals surface area contributed by atoms with Crippen molar-refractivity contribution in [2.75, 3.05) is 0 Å². The molecule has 1 aromatic heterocycles. The molecule has 0 saturated carbocycles. The van der Waals surface area contributed by atoms with Crippen molar-refractivity contribution < 1.29 is 0 Å². The minimum atomic E-state index is 0.412. The van der Waals surface area contributed by atoms with E-state index in [1.807, 2.05) is 11.3 Å². The van der Waals surface area contributed by atoms with Gasteiger partial charge >= 0.3 is 0 Å². The zero-order valence-corrected chi connectivity index (χ0v) is 22.5. The molecule has 2 aliphatic rings. The molecule has 5 aromatic carbocycles. The third-order valence-electron chi connectivity index (χ3n) is 8.49. The Morgan fingerprint density at radius 3 is 2.28 bits per heavy atom. The lowest BCUT2D eigenvalue weighted by atomic mass is 9.77. The Hall–Kier alpha value is -4.20. The zero-order chi connectivity index (χ0) is 25.8. The molecule has 1 atom stereocenters. The maximum absolute atomic E-state index is 2.43. The fourth-order valence-corrected chi connectivity index (χ4v) is 7.89. The Kier molecular flexibility index (Phi) is 5.38. The summed E-state index contributed by atoms with van der Waals surface area (Å²) < 4.78 is 2.72. The van der Waals surface area contributed by atoms with Crippen molar-refractivity contribution in [1.29, 1.82) is 0 Å². The number of thiophene rings is 1. The fraction of sp³-hybridized carbons (Fsp3) is 0.105. The molecule has 0 fully saturated rings. The summed E-state index contributed by atoms with van der Waals surface area (Å²) in [4.78, 5) is 0. The lowest BCUT2D eigenvalue weighted by Gasteiger charge is -2.26. The normalized spacial score (nSPS) is 16.4. The average molecular weight is 517 g/mol. The van der Waals surface area contributed by atoms with Crippen molar-refractivity contribution in [1.82, 2.24) is 0 Å². The van der Waals surface area contributed by atoms with Gasteiger partial charge in [0.25, 0.3) is 0 Å². The van der Waals surface area contributed by atoms with Crippen LogP contribution in [0.3, 0.4) is 0 Å². The predicted octanol–water partition coefficient (Wildman–Crippen LogP) is 11.1. The quantitative estimate of drug-likeness (QED) is 0.219. The van der Waals surface area contributed by atoms with Crippen molar-refractivity contribution in [3.8, 4) is 22.3 Å². The van der Waals surface area contributed by atoms with Crippen LogP contribution in [0.4, 0.5) is 0 Å². The number of rotatable bonds is 3. The van der Waals surface area contributed by atoms with Crippen molar-refractivity contribution in [3.05, 3.63) is 138 Å². The lowest BCUT2D eigenvalue weighted by molar-refractivity contribution is 0.855. The van der Waals surface area contributed by atoms with Crippen molar-refractivity contribution >= 4 is 48.4 Å². The highest BCUT2D eigenvalue weighted by Gasteiger charge is 2.24. The number of allylic oxidation sites excluding steroid dienone is 5. The van der Waals surface area contributed by atoms with Gasteiger partial charge in [-0.05, 0) is 81.1 Å². The molecule has 2 aliphatic carbocycles. The van der Waals surface area contributed by atoms with Crippen LogP contribution < -0.4 is 0 Å². The van der Waals surface area contributed by atoms with E-state index in [4.69, 9.17) is 0 Å². The van der Waals surface area contributed by atoms with Gasteiger partial charge < -0.3 is 0 Å². The van der Waals surface area contributed by atoms with Crippen LogP contribution in [0, 0.1) is 0 Å². The highest BCUT2D eigenvalue weighted by molar-refractivity contribution is 7.25. The maximum atomic E-state index is 2.43. The highest BCUT2D eigenvalue weighted by Crippen LogP contribution is 2.47. The molecular weight excluding hydrogens is 488 g/mol. The van der Waals surface area contributed by atoms with Gasteiger partial charge in [-0.15, -0.1) is 11.3 Å². The van der Waals surface area contributed by atoms with E-state index in [9.17, 15) is 0 Å². The minimum Gasteiger partial charge on any atom is -0.135 e. The van der Waals surface area contributed by atoms with Crippen LogP contribution in [-0.4, -0.2) is 0 Å². The molecule has 1 unspecified atom stereocenters. The standard InChI is InChI=1S/C38H28S/c1-2-12-25(13-3-1)27-14-4-5-16-30(27)38-33-19-8-6-17-31(33)37(32-18-7-9-20-34(32)38)26-22-23-29-28-15-10-11-21-35(28)39-36(29)24-26/h1-8,10-12,14-19,21-25H,9,13,20H2. The molecule has 39 heavy (non-hydrogen) atoms. The first kappa shape index (κ1) is 22.8. The van der Waals surface area contributed by atoms with Gasteiger partial charge in [0.15, 0.2) is 0 Å². The summed E-state index contributed by atoms with van der Waals surface area (Å²) in [6, 6.07) is 34.1. The van der Waals surface area contributed by atoms with Gasteiger partial charge in [0.05, 0.1) is 0 Å². The molecule has 186 valence electrons. The summed E-state index contributed by atoms with van der Waals surface area (Å²) in [6.07, 6.45) is 17.0. The molecule has 0 bridgehead atoms. The summed E-state index contributed by atoms with van der Waals surface area (Å²) in [6.45, 7) is 0. The molecule has 8 rings (SSSR count). The third kappa shape index (κ3) is 3.65. The van der Waals surface area contributed by atoms with E-state index in [0.29, 0.717) is 5.92 Å². The zero-order valence-electron chi connectivity index (χ0n) is 21.7. The van der Waals surface area contributed by atoms with Crippen LogP contribution in [0.15, 0.2) is 121 Å². The van der Waals surface area contributed by atoms with Crippen LogP contribution in [-0.2, 0) is 6.42 Å². The van der Waals surface area contributed by atoms with Gasteiger partial charge in [-0.25, -0.2) is 0 Å². The van der Waals surface area contributed by atoms with Crippen molar-refractivity contribution in [3.63, 3.8) is 0 Å². The van der Waals surface area contributed by atoms with E-state index in [0.717, 1.165) is 19.3 Å². The van der Waals surface area contributed by atoms with E-state index >= 15 is 0 Å². The molecule has 0 aliphatic heterocycles.